The highest BCUT2D eigenvalue weighted by atomic mass is 35.5. The molecular weight excluding hydrogens is 405 g/mol. The van der Waals surface area contributed by atoms with Gasteiger partial charge in [0.05, 0.1) is 16.5 Å². The van der Waals surface area contributed by atoms with E-state index in [1.165, 1.54) is 0 Å². The lowest BCUT2D eigenvalue weighted by Gasteiger charge is -2.30. The van der Waals surface area contributed by atoms with Crippen LogP contribution in [0.15, 0.2) is 27.4 Å². The van der Waals surface area contributed by atoms with Gasteiger partial charge in [0.25, 0.3) is 0 Å². The third-order valence-corrected chi connectivity index (χ3v) is 5.62. The lowest BCUT2D eigenvalue weighted by atomic mass is 9.96. The SMILES string of the molecule is Cc1nonc1CC(=O)N1CCC(c2nc(-c3ccc(Cl)c(Cl)c3)no2)CC1. The molecule has 0 unspecified atom stereocenters. The molecule has 2 aromatic heterocycles. The van der Waals surface area contributed by atoms with Crippen LogP contribution in [-0.4, -0.2) is 44.4 Å². The first-order valence-corrected chi connectivity index (χ1v) is 9.61. The Hall–Kier alpha value is -2.45. The summed E-state index contributed by atoms with van der Waals surface area (Å²) < 4.78 is 10.1. The Morgan fingerprint density at radius 3 is 2.64 bits per heavy atom. The van der Waals surface area contributed by atoms with Gasteiger partial charge in [-0.1, -0.05) is 38.7 Å². The van der Waals surface area contributed by atoms with Gasteiger partial charge in [-0.05, 0) is 38.0 Å². The van der Waals surface area contributed by atoms with Crippen molar-refractivity contribution < 1.29 is 13.9 Å². The van der Waals surface area contributed by atoms with Crippen LogP contribution in [0.1, 0.15) is 36.0 Å². The number of piperidine rings is 1. The van der Waals surface area contributed by atoms with Crippen molar-refractivity contribution in [3.05, 3.63) is 45.5 Å². The number of aryl methyl sites for hydroxylation is 1. The Morgan fingerprint density at radius 2 is 1.96 bits per heavy atom. The van der Waals surface area contributed by atoms with Crippen LogP contribution in [0, 0.1) is 6.92 Å². The van der Waals surface area contributed by atoms with Crippen molar-refractivity contribution in [3.8, 4) is 11.4 Å². The van der Waals surface area contributed by atoms with E-state index in [2.05, 4.69) is 25.1 Å². The fourth-order valence-corrected chi connectivity index (χ4v) is 3.49. The molecule has 10 heteroatoms. The van der Waals surface area contributed by atoms with E-state index in [4.69, 9.17) is 27.7 Å². The lowest BCUT2D eigenvalue weighted by Crippen LogP contribution is -2.39. The number of benzene rings is 1. The second-order valence-electron chi connectivity index (χ2n) is 6.71. The number of hydrogen-bond donors (Lipinski definition) is 0. The van der Waals surface area contributed by atoms with Gasteiger partial charge in [-0.15, -0.1) is 0 Å². The third-order valence-electron chi connectivity index (χ3n) is 4.88. The van der Waals surface area contributed by atoms with Gasteiger partial charge in [0, 0.05) is 24.6 Å². The largest absolute Gasteiger partial charge is 0.342 e. The molecule has 1 aliphatic rings. The molecule has 0 radical (unpaired) electrons. The van der Waals surface area contributed by atoms with Crippen molar-refractivity contribution in [2.24, 2.45) is 0 Å². The minimum atomic E-state index is 0.0132. The Labute approximate surface area is 170 Å². The molecule has 0 aliphatic carbocycles. The van der Waals surface area contributed by atoms with Gasteiger partial charge >= 0.3 is 0 Å². The van der Waals surface area contributed by atoms with Crippen molar-refractivity contribution in [2.75, 3.05) is 13.1 Å². The normalized spacial score (nSPS) is 15.2. The summed E-state index contributed by atoms with van der Waals surface area (Å²) in [6, 6.07) is 5.21. The number of hydrogen-bond acceptors (Lipinski definition) is 7. The maximum absolute atomic E-state index is 12.5. The molecule has 1 saturated heterocycles. The summed E-state index contributed by atoms with van der Waals surface area (Å²) in [7, 11) is 0. The molecular formula is C18H17Cl2N5O3. The molecule has 28 heavy (non-hydrogen) atoms. The van der Waals surface area contributed by atoms with Crippen molar-refractivity contribution in [3.63, 3.8) is 0 Å². The number of likely N-dealkylation sites (tertiary alicyclic amines) is 1. The topological polar surface area (TPSA) is 98.2 Å². The maximum Gasteiger partial charge on any atom is 0.230 e. The summed E-state index contributed by atoms with van der Waals surface area (Å²) in [5.74, 6) is 1.17. The van der Waals surface area contributed by atoms with Gasteiger partial charge in [-0.2, -0.15) is 4.98 Å². The van der Waals surface area contributed by atoms with Crippen molar-refractivity contribution >= 4 is 29.1 Å². The summed E-state index contributed by atoms with van der Waals surface area (Å²) in [4.78, 5) is 18.8. The number of rotatable bonds is 4. The number of halogens is 2. The van der Waals surface area contributed by atoms with Gasteiger partial charge in [0.15, 0.2) is 0 Å². The number of nitrogens with zero attached hydrogens (tertiary/aromatic N) is 5. The highest BCUT2D eigenvalue weighted by Crippen LogP contribution is 2.31. The Kier molecular flexibility index (Phi) is 5.32. The zero-order chi connectivity index (χ0) is 19.7. The molecule has 0 bridgehead atoms. The minimum Gasteiger partial charge on any atom is -0.342 e. The molecule has 3 aromatic rings. The number of carbonyl (C=O) groups excluding carboxylic acids is 1. The average Bonchev–Trinajstić information content (AvgIpc) is 3.34. The van der Waals surface area contributed by atoms with Crippen LogP contribution in [0.3, 0.4) is 0 Å². The zero-order valence-electron chi connectivity index (χ0n) is 15.1. The number of amides is 1. The molecule has 4 rings (SSSR count). The van der Waals surface area contributed by atoms with Gasteiger partial charge in [0.1, 0.15) is 11.4 Å². The maximum atomic E-state index is 12.5. The van der Waals surface area contributed by atoms with E-state index in [0.29, 0.717) is 46.2 Å². The molecule has 0 atom stereocenters. The predicted octanol–water partition coefficient (Wildman–Crippen LogP) is 3.68. The van der Waals surface area contributed by atoms with E-state index in [0.717, 1.165) is 18.4 Å². The Morgan fingerprint density at radius 1 is 1.18 bits per heavy atom. The van der Waals surface area contributed by atoms with E-state index in [1.54, 1.807) is 25.1 Å². The third kappa shape index (κ3) is 3.88. The molecule has 0 saturated carbocycles. The van der Waals surface area contributed by atoms with Crippen LogP contribution < -0.4 is 0 Å². The first-order valence-electron chi connectivity index (χ1n) is 8.86. The fourth-order valence-electron chi connectivity index (χ4n) is 3.19. The molecule has 146 valence electrons. The van der Waals surface area contributed by atoms with Gasteiger partial charge < -0.3 is 9.42 Å². The molecule has 8 nitrogen and oxygen atoms in total. The molecule has 0 N–H and O–H groups in total. The number of aromatic nitrogens is 4. The Balaban J connectivity index is 1.37. The van der Waals surface area contributed by atoms with E-state index in [1.807, 2.05) is 4.90 Å². The summed E-state index contributed by atoms with van der Waals surface area (Å²) in [6.07, 6.45) is 1.71. The Bertz CT molecular complexity index is 995. The second kappa shape index (κ2) is 7.89. The quantitative estimate of drug-likeness (QED) is 0.633. The monoisotopic (exact) mass is 421 g/mol. The van der Waals surface area contributed by atoms with E-state index < -0.39 is 0 Å². The fraction of sp³-hybridized carbons (Fsp3) is 0.389. The second-order valence-corrected chi connectivity index (χ2v) is 7.53. The first kappa shape index (κ1) is 18.9. The average molecular weight is 422 g/mol. The molecule has 1 fully saturated rings. The van der Waals surface area contributed by atoms with E-state index in [9.17, 15) is 4.79 Å². The van der Waals surface area contributed by atoms with Crippen LogP contribution >= 0.6 is 23.2 Å². The van der Waals surface area contributed by atoms with Crippen LogP contribution in [0.2, 0.25) is 10.0 Å². The van der Waals surface area contributed by atoms with Gasteiger partial charge in [-0.3, -0.25) is 4.79 Å². The molecule has 1 aromatic carbocycles. The zero-order valence-corrected chi connectivity index (χ0v) is 16.6. The summed E-state index contributed by atoms with van der Waals surface area (Å²) in [5, 5.41) is 12.4. The van der Waals surface area contributed by atoms with E-state index >= 15 is 0 Å². The highest BCUT2D eigenvalue weighted by Gasteiger charge is 2.28. The minimum absolute atomic E-state index is 0.0132. The standard InChI is InChI=1S/C18H17Cl2N5O3/c1-10-15(23-28-22-10)9-16(26)25-6-4-11(5-7-25)18-21-17(24-27-18)12-2-3-13(19)14(20)8-12/h2-3,8,11H,4-7,9H2,1H3. The van der Waals surface area contributed by atoms with Crippen LogP contribution in [-0.2, 0) is 11.2 Å². The summed E-state index contributed by atoms with van der Waals surface area (Å²) in [6.45, 7) is 3.02. The molecule has 3 heterocycles. The first-order chi connectivity index (χ1) is 13.5. The van der Waals surface area contributed by atoms with Gasteiger partial charge in [0.2, 0.25) is 17.6 Å². The molecule has 1 amide bonds. The van der Waals surface area contributed by atoms with Crippen molar-refractivity contribution in [2.45, 2.75) is 32.1 Å². The van der Waals surface area contributed by atoms with Crippen LogP contribution in [0.25, 0.3) is 11.4 Å². The van der Waals surface area contributed by atoms with Crippen LogP contribution in [0.5, 0.6) is 0 Å². The number of carbonyl (C=O) groups is 1. The molecule has 1 aliphatic heterocycles. The van der Waals surface area contributed by atoms with Crippen molar-refractivity contribution in [1.82, 2.24) is 25.4 Å². The molecule has 0 spiro atoms. The van der Waals surface area contributed by atoms with Gasteiger partial charge in [-0.25, -0.2) is 4.63 Å². The predicted molar refractivity (Wildman–Crippen MR) is 101 cm³/mol. The smallest absolute Gasteiger partial charge is 0.230 e. The van der Waals surface area contributed by atoms with E-state index in [-0.39, 0.29) is 18.2 Å². The highest BCUT2D eigenvalue weighted by molar-refractivity contribution is 6.42. The van der Waals surface area contributed by atoms with Crippen molar-refractivity contribution in [1.29, 1.82) is 0 Å². The summed E-state index contributed by atoms with van der Waals surface area (Å²) >= 11 is 12.0. The summed E-state index contributed by atoms with van der Waals surface area (Å²) in [5.41, 5.74) is 1.97. The lowest BCUT2D eigenvalue weighted by molar-refractivity contribution is -0.131. The van der Waals surface area contributed by atoms with Crippen LogP contribution in [0.4, 0.5) is 0 Å².